The first-order chi connectivity index (χ1) is 33.2. The van der Waals surface area contributed by atoms with Crippen LogP contribution in [0.15, 0.2) is 36.5 Å². The molecule has 0 amide bonds. The van der Waals surface area contributed by atoms with E-state index in [4.69, 9.17) is 28.0 Å². The number of esters is 2. The minimum atomic E-state index is -5.40. The van der Waals surface area contributed by atoms with Crippen molar-refractivity contribution in [2.75, 3.05) is 19.8 Å². The number of allylic oxidation sites excluding steroid dienone is 5. The van der Waals surface area contributed by atoms with E-state index in [-0.39, 0.29) is 6.42 Å². The molecule has 18 nitrogen and oxygen atoms in total. The van der Waals surface area contributed by atoms with E-state index in [2.05, 4.69) is 26.0 Å². The predicted octanol–water partition coefficient (Wildman–Crippen LogP) is 6.05. The summed E-state index contributed by atoms with van der Waals surface area (Å²) < 4.78 is 45.2. The number of aliphatic hydroxyl groups excluding tert-OH is 8. The zero-order chi connectivity index (χ0) is 50.9. The molecule has 69 heavy (non-hydrogen) atoms. The topological polar surface area (TPSA) is 289 Å². The lowest BCUT2D eigenvalue weighted by Crippen LogP contribution is -2.67. The molecule has 1 aliphatic heterocycles. The molecule has 0 aromatic heterocycles. The number of aliphatic hydroxyl groups is 8. The number of phosphoric acid groups is 1. The number of hydrogen-bond acceptors (Lipinski definition) is 17. The first-order valence-corrected chi connectivity index (χ1v) is 27.3. The Kier molecular flexibility index (Phi) is 34.3. The van der Waals surface area contributed by atoms with Crippen molar-refractivity contribution in [1.29, 1.82) is 0 Å². The van der Waals surface area contributed by atoms with E-state index in [0.29, 0.717) is 6.42 Å². The van der Waals surface area contributed by atoms with Crippen LogP contribution in [0.5, 0.6) is 0 Å². The number of hydrogen-bond donors (Lipinski definition) is 9. The molecule has 1 heterocycles. The molecular formula is C50H89O18P. The van der Waals surface area contributed by atoms with Crippen LogP contribution in [0.2, 0.25) is 0 Å². The van der Waals surface area contributed by atoms with Crippen LogP contribution in [-0.2, 0) is 42.1 Å². The van der Waals surface area contributed by atoms with Gasteiger partial charge in [-0.1, -0.05) is 153 Å². The summed E-state index contributed by atoms with van der Waals surface area (Å²) in [6, 6.07) is 0. The van der Waals surface area contributed by atoms with Gasteiger partial charge in [-0.15, -0.1) is 0 Å². The molecule has 1 saturated carbocycles. The fourth-order valence-electron chi connectivity index (χ4n) is 8.14. The zero-order valence-electron chi connectivity index (χ0n) is 41.3. The normalized spacial score (nSPS) is 27.8. The summed E-state index contributed by atoms with van der Waals surface area (Å²) in [6.45, 7) is 2.10. The highest BCUT2D eigenvalue weighted by atomic mass is 31.2. The molecule has 0 radical (unpaired) electrons. The van der Waals surface area contributed by atoms with Gasteiger partial charge in [-0.05, 0) is 44.9 Å². The maximum atomic E-state index is 13.4. The van der Waals surface area contributed by atoms with Gasteiger partial charge in [0.05, 0.1) is 13.2 Å². The van der Waals surface area contributed by atoms with Crippen LogP contribution in [0, 0.1) is 0 Å². The van der Waals surface area contributed by atoms with Crippen LogP contribution in [0.25, 0.3) is 0 Å². The Balaban J connectivity index is 1.98. The molecule has 9 N–H and O–H groups in total. The molecule has 2 rings (SSSR count). The monoisotopic (exact) mass is 1010 g/mol. The summed E-state index contributed by atoms with van der Waals surface area (Å²) in [5, 5.41) is 82.9. The minimum Gasteiger partial charge on any atom is -0.458 e. The Hall–Kier alpha value is -2.13. The average Bonchev–Trinajstić information content (AvgIpc) is 3.33. The number of ether oxygens (including phenoxy) is 4. The van der Waals surface area contributed by atoms with Crippen molar-refractivity contribution in [2.24, 2.45) is 0 Å². The Morgan fingerprint density at radius 3 is 1.59 bits per heavy atom. The van der Waals surface area contributed by atoms with E-state index in [0.717, 1.165) is 44.9 Å². The molecule has 402 valence electrons. The van der Waals surface area contributed by atoms with E-state index < -0.39 is 113 Å². The summed E-state index contributed by atoms with van der Waals surface area (Å²) in [4.78, 5) is 36.4. The Morgan fingerprint density at radius 2 is 1.06 bits per heavy atom. The maximum Gasteiger partial charge on any atom is 0.472 e. The van der Waals surface area contributed by atoms with Gasteiger partial charge in [0, 0.05) is 12.5 Å². The average molecular weight is 1010 g/mol. The molecule has 1 saturated heterocycles. The fraction of sp³-hybridized carbons (Fsp3) is 0.840. The molecule has 0 spiro atoms. The number of unbranched alkanes of at least 4 members (excludes halogenated alkanes) is 21. The lowest BCUT2D eigenvalue weighted by molar-refractivity contribution is -0.338. The van der Waals surface area contributed by atoms with Gasteiger partial charge in [-0.3, -0.25) is 13.8 Å². The largest absolute Gasteiger partial charge is 0.472 e. The van der Waals surface area contributed by atoms with Crippen molar-refractivity contribution in [2.45, 2.75) is 248 Å². The second-order valence-corrected chi connectivity index (χ2v) is 19.8. The molecule has 19 heteroatoms. The van der Waals surface area contributed by atoms with Crippen LogP contribution in [0.4, 0.5) is 0 Å². The lowest BCUT2D eigenvalue weighted by atomic mass is 9.84. The first kappa shape index (κ1) is 63.0. The van der Waals surface area contributed by atoms with Gasteiger partial charge in [-0.2, -0.15) is 0 Å². The lowest BCUT2D eigenvalue weighted by Gasteiger charge is -2.47. The van der Waals surface area contributed by atoms with E-state index >= 15 is 0 Å². The highest BCUT2D eigenvalue weighted by molar-refractivity contribution is 7.47. The summed E-state index contributed by atoms with van der Waals surface area (Å²) in [5.74, 6) is -1.49. The molecule has 1 aliphatic carbocycles. The molecule has 13 atom stereocenters. The molecular weight excluding hydrogens is 920 g/mol. The highest BCUT2D eigenvalue weighted by Crippen LogP contribution is 2.48. The molecule has 0 aromatic carbocycles. The maximum absolute atomic E-state index is 13.4. The van der Waals surface area contributed by atoms with Gasteiger partial charge < -0.3 is 64.7 Å². The van der Waals surface area contributed by atoms with Gasteiger partial charge in [0.1, 0.15) is 67.6 Å². The summed E-state index contributed by atoms with van der Waals surface area (Å²) in [7, 11) is -5.40. The third-order valence-electron chi connectivity index (χ3n) is 12.4. The first-order valence-electron chi connectivity index (χ1n) is 25.9. The third kappa shape index (κ3) is 26.4. The van der Waals surface area contributed by atoms with Gasteiger partial charge in [0.2, 0.25) is 0 Å². The molecule has 2 aliphatic rings. The van der Waals surface area contributed by atoms with E-state index in [1.54, 1.807) is 6.08 Å². The summed E-state index contributed by atoms with van der Waals surface area (Å²) >= 11 is 0. The van der Waals surface area contributed by atoms with Crippen molar-refractivity contribution in [1.82, 2.24) is 0 Å². The Labute approximate surface area is 410 Å². The van der Waals surface area contributed by atoms with Crippen LogP contribution in [0.1, 0.15) is 174 Å². The Morgan fingerprint density at radius 1 is 0.580 bits per heavy atom. The molecule has 13 unspecified atom stereocenters. The van der Waals surface area contributed by atoms with Gasteiger partial charge in [-0.25, -0.2) is 9.36 Å². The summed E-state index contributed by atoms with van der Waals surface area (Å²) in [6.07, 6.45) is 14.4. The van der Waals surface area contributed by atoms with Crippen molar-refractivity contribution < 1.29 is 87.9 Å². The molecule has 2 fully saturated rings. The second kappa shape index (κ2) is 37.6. The number of carbonyl (C=O) groups is 2. The van der Waals surface area contributed by atoms with Crippen molar-refractivity contribution in [3.8, 4) is 0 Å². The SMILES string of the molecule is CCCCCCCCC/C=C\CCCCCC(=O)OC(COC(=O)/C=C/C=C/CCCCCCCCCCCCC)COP(=O)(O)OC1C(O)C(O)C(O)C(O)C1OC1OC(CO)C(O)C(O)C1O. The van der Waals surface area contributed by atoms with Crippen molar-refractivity contribution in [3.05, 3.63) is 36.5 Å². The van der Waals surface area contributed by atoms with Gasteiger partial charge in [0.25, 0.3) is 0 Å². The zero-order valence-corrected chi connectivity index (χ0v) is 42.2. The van der Waals surface area contributed by atoms with Crippen LogP contribution < -0.4 is 0 Å². The Bertz CT molecular complexity index is 1480. The van der Waals surface area contributed by atoms with Gasteiger partial charge >= 0.3 is 19.8 Å². The predicted molar refractivity (Wildman–Crippen MR) is 258 cm³/mol. The highest BCUT2D eigenvalue weighted by Gasteiger charge is 2.55. The third-order valence-corrected chi connectivity index (χ3v) is 13.4. The smallest absolute Gasteiger partial charge is 0.458 e. The van der Waals surface area contributed by atoms with Crippen molar-refractivity contribution in [3.63, 3.8) is 0 Å². The quantitative estimate of drug-likeness (QED) is 0.00846. The van der Waals surface area contributed by atoms with Crippen LogP contribution >= 0.6 is 7.82 Å². The van der Waals surface area contributed by atoms with Gasteiger partial charge in [0.15, 0.2) is 12.4 Å². The number of carbonyl (C=O) groups excluding carboxylic acids is 2. The standard InChI is InChI=1S/C50H89O18P/c1-3-5-7-9-11-13-15-17-19-21-22-24-26-28-30-32-39(52)63-35-37(65-40(53)33-31-29-27-25-23-20-18-16-14-12-10-8-6-4-2)36-64-69(61,62)68-49-46(59)44(57)43(56)45(58)48(49)67-50-47(60)42(55)41(54)38(34-51)66-50/h20,23,26,28,30,32,37-38,41-51,54-60H,3-19,21-22,24-25,27,29,31,33-36H2,1-2H3,(H,61,62)/b23-20-,28-26+,32-30+. The second-order valence-electron chi connectivity index (χ2n) is 18.4. The molecule has 0 bridgehead atoms. The van der Waals surface area contributed by atoms with Crippen LogP contribution in [-0.4, -0.2) is 151 Å². The fourth-order valence-corrected chi connectivity index (χ4v) is 9.11. The van der Waals surface area contributed by atoms with E-state index in [1.807, 2.05) is 6.08 Å². The summed E-state index contributed by atoms with van der Waals surface area (Å²) in [5.41, 5.74) is 0. The minimum absolute atomic E-state index is 0.00730. The number of rotatable bonds is 39. The van der Waals surface area contributed by atoms with E-state index in [1.165, 1.54) is 115 Å². The van der Waals surface area contributed by atoms with Crippen molar-refractivity contribution >= 4 is 19.8 Å². The molecule has 0 aromatic rings. The van der Waals surface area contributed by atoms with E-state index in [9.17, 15) is 59.9 Å². The van der Waals surface area contributed by atoms with Crippen LogP contribution in [0.3, 0.4) is 0 Å². The number of phosphoric ester groups is 1.